The van der Waals surface area contributed by atoms with Crippen molar-refractivity contribution in [1.82, 2.24) is 4.98 Å². The van der Waals surface area contributed by atoms with Gasteiger partial charge in [-0.2, -0.15) is 0 Å². The summed E-state index contributed by atoms with van der Waals surface area (Å²) in [7, 11) is 0. The molecule has 0 aliphatic heterocycles. The molecule has 1 N–H and O–H groups in total. The first kappa shape index (κ1) is 13.6. The average Bonchev–Trinajstić information content (AvgIpc) is 2.76. The third-order valence-corrected chi connectivity index (χ3v) is 4.16. The van der Waals surface area contributed by atoms with Gasteiger partial charge in [0.15, 0.2) is 0 Å². The monoisotopic (exact) mass is 324 g/mol. The van der Waals surface area contributed by atoms with Crippen LogP contribution in [-0.2, 0) is 12.0 Å². The molecule has 18 heavy (non-hydrogen) atoms. The molecule has 0 aliphatic carbocycles. The molecule has 0 saturated heterocycles. The number of rotatable bonds is 3. The van der Waals surface area contributed by atoms with Crippen LogP contribution in [-0.4, -0.2) is 4.98 Å². The molecule has 4 heteroatoms. The summed E-state index contributed by atoms with van der Waals surface area (Å²) in [5.74, 6) is 0. The zero-order chi connectivity index (χ0) is 13.2. The van der Waals surface area contributed by atoms with E-state index in [2.05, 4.69) is 58.4 Å². The van der Waals surface area contributed by atoms with Crippen LogP contribution in [0.5, 0.6) is 0 Å². The molecule has 0 fully saturated rings. The third kappa shape index (κ3) is 3.33. The molecule has 1 aromatic heterocycles. The van der Waals surface area contributed by atoms with Gasteiger partial charge < -0.3 is 5.32 Å². The van der Waals surface area contributed by atoms with Crippen molar-refractivity contribution in [3.8, 4) is 0 Å². The maximum atomic E-state index is 4.67. The van der Waals surface area contributed by atoms with E-state index in [1.54, 1.807) is 11.3 Å². The number of halogens is 1. The summed E-state index contributed by atoms with van der Waals surface area (Å²) in [4.78, 5) is 4.67. The highest BCUT2D eigenvalue weighted by molar-refractivity contribution is 9.10. The number of nitrogens with zero attached hydrogens (tertiary/aromatic N) is 1. The first-order chi connectivity index (χ1) is 8.47. The summed E-state index contributed by atoms with van der Waals surface area (Å²) in [5, 5.41) is 6.67. The van der Waals surface area contributed by atoms with Crippen LogP contribution in [0.3, 0.4) is 0 Å². The highest BCUT2D eigenvalue weighted by Crippen LogP contribution is 2.25. The molecule has 0 atom stereocenters. The van der Waals surface area contributed by atoms with E-state index in [1.807, 2.05) is 18.2 Å². The van der Waals surface area contributed by atoms with Crippen LogP contribution in [0.4, 0.5) is 5.69 Å². The summed E-state index contributed by atoms with van der Waals surface area (Å²) in [6, 6.07) is 8.12. The Morgan fingerprint density at radius 1 is 1.28 bits per heavy atom. The Morgan fingerprint density at radius 2 is 2.00 bits per heavy atom. The second-order valence-electron chi connectivity index (χ2n) is 5.21. The lowest BCUT2D eigenvalue weighted by Gasteiger charge is -2.14. The Bertz CT molecular complexity index is 529. The Balaban J connectivity index is 2.03. The first-order valence-electron chi connectivity index (χ1n) is 5.90. The van der Waals surface area contributed by atoms with Crippen molar-refractivity contribution in [3.63, 3.8) is 0 Å². The fourth-order valence-electron chi connectivity index (χ4n) is 1.51. The predicted molar refractivity (Wildman–Crippen MR) is 82.3 cm³/mol. The lowest BCUT2D eigenvalue weighted by atomic mass is 9.93. The lowest BCUT2D eigenvalue weighted by Crippen LogP contribution is -2.11. The third-order valence-electron chi connectivity index (χ3n) is 2.62. The average molecular weight is 325 g/mol. The molecule has 2 aromatic rings. The standard InChI is InChI=1S/C14H17BrN2S/c1-14(2,3)12-9-18-13(17-12)8-16-11-7-5-4-6-10(11)15/h4-7,9,16H,8H2,1-3H3. The molecule has 0 unspecified atom stereocenters. The molecule has 1 aromatic carbocycles. The summed E-state index contributed by atoms with van der Waals surface area (Å²) in [5.41, 5.74) is 2.39. The molecule has 0 amide bonds. The molecule has 96 valence electrons. The predicted octanol–water partition coefficient (Wildman–Crippen LogP) is 4.82. The van der Waals surface area contributed by atoms with E-state index in [-0.39, 0.29) is 5.41 Å². The topological polar surface area (TPSA) is 24.9 Å². The first-order valence-corrected chi connectivity index (χ1v) is 7.57. The number of nitrogens with one attached hydrogen (secondary N) is 1. The number of thiazole rings is 1. The maximum absolute atomic E-state index is 4.67. The number of benzene rings is 1. The lowest BCUT2D eigenvalue weighted by molar-refractivity contribution is 0.571. The zero-order valence-electron chi connectivity index (χ0n) is 10.8. The van der Waals surface area contributed by atoms with Crippen molar-refractivity contribution in [1.29, 1.82) is 0 Å². The molecule has 2 rings (SSSR count). The van der Waals surface area contributed by atoms with Crippen molar-refractivity contribution in [2.24, 2.45) is 0 Å². The van der Waals surface area contributed by atoms with E-state index in [9.17, 15) is 0 Å². The van der Waals surface area contributed by atoms with Gasteiger partial charge in [0.2, 0.25) is 0 Å². The molecule has 0 saturated carbocycles. The molecule has 1 heterocycles. The summed E-state index contributed by atoms with van der Waals surface area (Å²) < 4.78 is 1.08. The normalized spacial score (nSPS) is 11.6. The Labute approximate surface area is 121 Å². The largest absolute Gasteiger partial charge is 0.378 e. The second kappa shape index (κ2) is 5.41. The smallest absolute Gasteiger partial charge is 0.112 e. The molecular weight excluding hydrogens is 308 g/mol. The number of anilines is 1. The van der Waals surface area contributed by atoms with Crippen molar-refractivity contribution in [3.05, 3.63) is 44.8 Å². The minimum atomic E-state index is 0.127. The highest BCUT2D eigenvalue weighted by Gasteiger charge is 2.17. The van der Waals surface area contributed by atoms with E-state index in [1.165, 1.54) is 0 Å². The van der Waals surface area contributed by atoms with Gasteiger partial charge in [-0.3, -0.25) is 0 Å². The number of para-hydroxylation sites is 1. The van der Waals surface area contributed by atoms with Gasteiger partial charge in [-0.15, -0.1) is 11.3 Å². The van der Waals surface area contributed by atoms with Crippen LogP contribution in [0.2, 0.25) is 0 Å². The molecule has 0 spiro atoms. The number of hydrogen-bond acceptors (Lipinski definition) is 3. The van der Waals surface area contributed by atoms with Gasteiger partial charge in [-0.25, -0.2) is 4.98 Å². The van der Waals surface area contributed by atoms with Crippen LogP contribution < -0.4 is 5.32 Å². The van der Waals surface area contributed by atoms with E-state index < -0.39 is 0 Å². The fraction of sp³-hybridized carbons (Fsp3) is 0.357. The van der Waals surface area contributed by atoms with Crippen molar-refractivity contribution < 1.29 is 0 Å². The van der Waals surface area contributed by atoms with Gasteiger partial charge in [0.05, 0.1) is 12.2 Å². The Kier molecular flexibility index (Phi) is 4.07. The van der Waals surface area contributed by atoms with Gasteiger partial charge >= 0.3 is 0 Å². The summed E-state index contributed by atoms with van der Waals surface area (Å²) >= 11 is 5.24. The molecular formula is C14H17BrN2S. The van der Waals surface area contributed by atoms with E-state index >= 15 is 0 Å². The number of hydrogen-bond donors (Lipinski definition) is 1. The van der Waals surface area contributed by atoms with E-state index in [0.717, 1.165) is 27.4 Å². The van der Waals surface area contributed by atoms with Crippen molar-refractivity contribution in [2.75, 3.05) is 5.32 Å². The van der Waals surface area contributed by atoms with E-state index in [0.29, 0.717) is 0 Å². The quantitative estimate of drug-likeness (QED) is 0.875. The van der Waals surface area contributed by atoms with Gasteiger partial charge in [0.1, 0.15) is 5.01 Å². The van der Waals surface area contributed by atoms with Crippen LogP contribution in [0, 0.1) is 0 Å². The van der Waals surface area contributed by atoms with Gasteiger partial charge in [-0.1, -0.05) is 32.9 Å². The summed E-state index contributed by atoms with van der Waals surface area (Å²) in [6.07, 6.45) is 0. The molecule has 2 nitrogen and oxygen atoms in total. The van der Waals surface area contributed by atoms with E-state index in [4.69, 9.17) is 0 Å². The van der Waals surface area contributed by atoms with Gasteiger partial charge in [-0.05, 0) is 28.1 Å². The fourth-order valence-corrected chi connectivity index (χ4v) is 2.90. The van der Waals surface area contributed by atoms with Crippen molar-refractivity contribution in [2.45, 2.75) is 32.7 Å². The highest BCUT2D eigenvalue weighted by atomic mass is 79.9. The minimum Gasteiger partial charge on any atom is -0.378 e. The molecule has 0 radical (unpaired) electrons. The molecule has 0 aliphatic rings. The van der Waals surface area contributed by atoms with Crippen LogP contribution in [0.1, 0.15) is 31.5 Å². The minimum absolute atomic E-state index is 0.127. The SMILES string of the molecule is CC(C)(C)c1csc(CNc2ccccc2Br)n1. The zero-order valence-corrected chi connectivity index (χ0v) is 13.2. The second-order valence-corrected chi connectivity index (χ2v) is 7.01. The maximum Gasteiger partial charge on any atom is 0.112 e. The van der Waals surface area contributed by atoms with Crippen LogP contribution in [0.15, 0.2) is 34.1 Å². The Hall–Kier alpha value is -0.870. The molecule has 0 bridgehead atoms. The summed E-state index contributed by atoms with van der Waals surface area (Å²) in [6.45, 7) is 7.33. The van der Waals surface area contributed by atoms with Crippen LogP contribution in [0.25, 0.3) is 0 Å². The van der Waals surface area contributed by atoms with Crippen molar-refractivity contribution >= 4 is 33.0 Å². The van der Waals surface area contributed by atoms with Gasteiger partial charge in [0.25, 0.3) is 0 Å². The Morgan fingerprint density at radius 3 is 2.61 bits per heavy atom. The van der Waals surface area contributed by atoms with Gasteiger partial charge in [0, 0.05) is 21.0 Å². The number of aromatic nitrogens is 1. The van der Waals surface area contributed by atoms with Crippen LogP contribution >= 0.6 is 27.3 Å².